The number of fused-ring (bicyclic) bond motifs is 2. The average Bonchev–Trinajstić information content (AvgIpc) is 2.90. The summed E-state index contributed by atoms with van der Waals surface area (Å²) < 4.78 is 0. The van der Waals surface area contributed by atoms with Gasteiger partial charge in [-0.3, -0.25) is 14.4 Å². The Morgan fingerprint density at radius 2 is 1.77 bits per heavy atom. The summed E-state index contributed by atoms with van der Waals surface area (Å²) in [5.74, 6) is -0.255. The zero-order chi connectivity index (χ0) is 28.3. The highest BCUT2D eigenvalue weighted by Gasteiger charge is 2.42. The number of hydrogen-bond acceptors (Lipinski definition) is 4. The molecule has 7 heteroatoms. The molecule has 0 saturated carbocycles. The summed E-state index contributed by atoms with van der Waals surface area (Å²) in [4.78, 5) is 42.5. The zero-order valence-electron chi connectivity index (χ0n) is 24.3. The normalized spacial score (nSPS) is 19.6. The molecule has 1 heterocycles. The lowest BCUT2D eigenvalue weighted by atomic mass is 9.83. The van der Waals surface area contributed by atoms with Crippen LogP contribution in [-0.4, -0.2) is 48.3 Å². The number of amides is 3. The van der Waals surface area contributed by atoms with Gasteiger partial charge in [0.15, 0.2) is 0 Å². The summed E-state index contributed by atoms with van der Waals surface area (Å²) in [5, 5.41) is 9.09. The topological polar surface area (TPSA) is 90.5 Å². The van der Waals surface area contributed by atoms with E-state index in [1.165, 1.54) is 16.7 Å². The maximum atomic E-state index is 14.2. The Kier molecular flexibility index (Phi) is 8.80. The van der Waals surface area contributed by atoms with Crippen LogP contribution in [0.1, 0.15) is 87.2 Å². The Labute approximate surface area is 233 Å². The van der Waals surface area contributed by atoms with Crippen molar-refractivity contribution in [2.45, 2.75) is 90.9 Å². The highest BCUT2D eigenvalue weighted by Crippen LogP contribution is 2.33. The average molecular weight is 533 g/mol. The van der Waals surface area contributed by atoms with E-state index in [0.717, 1.165) is 30.4 Å². The van der Waals surface area contributed by atoms with Crippen molar-refractivity contribution >= 4 is 17.7 Å². The van der Waals surface area contributed by atoms with Crippen LogP contribution in [-0.2, 0) is 33.8 Å². The van der Waals surface area contributed by atoms with Crippen LogP contribution < -0.4 is 16.0 Å². The Balaban J connectivity index is 1.67. The van der Waals surface area contributed by atoms with Crippen molar-refractivity contribution < 1.29 is 14.4 Å². The van der Waals surface area contributed by atoms with Gasteiger partial charge in [-0.1, -0.05) is 77.1 Å². The molecule has 0 spiro atoms. The van der Waals surface area contributed by atoms with Crippen LogP contribution in [0.25, 0.3) is 0 Å². The van der Waals surface area contributed by atoms with Gasteiger partial charge in [-0.25, -0.2) is 0 Å². The van der Waals surface area contributed by atoms with Crippen LogP contribution >= 0.6 is 0 Å². The molecule has 0 fully saturated rings. The third kappa shape index (κ3) is 6.52. The summed E-state index contributed by atoms with van der Waals surface area (Å²) in [6.07, 6.45) is 3.35. The number of carbonyl (C=O) groups is 3. The second kappa shape index (κ2) is 11.9. The second-order valence-electron chi connectivity index (χ2n) is 12.4. The molecular formula is C32H44N4O3. The maximum absolute atomic E-state index is 14.2. The molecule has 4 rings (SSSR count). The molecule has 3 amide bonds. The van der Waals surface area contributed by atoms with Crippen LogP contribution in [0.2, 0.25) is 0 Å². The van der Waals surface area contributed by atoms with E-state index in [1.54, 1.807) is 11.9 Å². The summed E-state index contributed by atoms with van der Waals surface area (Å²) in [5.41, 5.74) is 5.27. The molecule has 0 saturated heterocycles. The van der Waals surface area contributed by atoms with E-state index < -0.39 is 17.5 Å². The Bertz CT molecular complexity index is 1220. The van der Waals surface area contributed by atoms with Crippen molar-refractivity contribution in [2.75, 3.05) is 13.6 Å². The third-order valence-corrected chi connectivity index (χ3v) is 8.05. The van der Waals surface area contributed by atoms with E-state index in [-0.39, 0.29) is 30.3 Å². The van der Waals surface area contributed by atoms with E-state index in [2.05, 4.69) is 60.1 Å². The first-order chi connectivity index (χ1) is 18.5. The Morgan fingerprint density at radius 3 is 2.46 bits per heavy atom. The molecule has 3 N–H and O–H groups in total. The number of nitrogens with zero attached hydrogens (tertiary/aromatic N) is 1. The molecule has 0 radical (unpaired) electrons. The molecule has 0 bridgehead atoms. The van der Waals surface area contributed by atoms with Gasteiger partial charge in [0.2, 0.25) is 17.7 Å². The van der Waals surface area contributed by atoms with Gasteiger partial charge in [-0.05, 0) is 65.5 Å². The number of benzene rings is 2. The van der Waals surface area contributed by atoms with Crippen LogP contribution in [0.4, 0.5) is 0 Å². The van der Waals surface area contributed by atoms with Gasteiger partial charge in [0.1, 0.15) is 12.1 Å². The molecule has 1 aliphatic carbocycles. The number of aryl methyl sites for hydroxylation is 1. The second-order valence-corrected chi connectivity index (χ2v) is 12.4. The summed E-state index contributed by atoms with van der Waals surface area (Å²) in [7, 11) is 1.70. The van der Waals surface area contributed by atoms with Gasteiger partial charge in [0.25, 0.3) is 0 Å². The number of nitrogens with one attached hydrogen (secondary N) is 3. The van der Waals surface area contributed by atoms with Crippen molar-refractivity contribution in [3.63, 3.8) is 0 Å². The summed E-state index contributed by atoms with van der Waals surface area (Å²) in [6.45, 7) is 10.6. The van der Waals surface area contributed by atoms with Crippen LogP contribution in [0, 0.1) is 5.41 Å². The number of carbonyl (C=O) groups excluding carboxylic acids is 3. The Hall–Kier alpha value is -3.19. The van der Waals surface area contributed by atoms with Gasteiger partial charge in [-0.15, -0.1) is 0 Å². The standard InChI is InChI=1S/C32H44N4O3/c1-20(2)22-14-15-23-17-27(30(38)34-26-13-9-11-21-10-7-8-12-25(21)26)36(19-24(23)16-22)31(39)29(32(3,4)5)35-28(37)18-33-6/h7-8,10,12,14-16,20,26-27,29,33H,9,11,13,17-19H2,1-6H3,(H,34,38)(H,35,37)/t26-,27+,29-/m1/s1. The number of rotatable bonds is 7. The van der Waals surface area contributed by atoms with Gasteiger partial charge < -0.3 is 20.9 Å². The molecule has 210 valence electrons. The first kappa shape index (κ1) is 28.8. The fourth-order valence-corrected chi connectivity index (χ4v) is 5.79. The molecule has 2 aliphatic rings. The SMILES string of the molecule is CNCC(=O)N[C@H](C(=O)N1Cc2cc(C(C)C)ccc2C[C@H]1C(=O)N[C@@H]1CCCc2ccccc21)C(C)(C)C. The van der Waals surface area contributed by atoms with E-state index in [1.807, 2.05) is 32.9 Å². The molecule has 7 nitrogen and oxygen atoms in total. The molecule has 1 aliphatic heterocycles. The highest BCUT2D eigenvalue weighted by atomic mass is 16.2. The van der Waals surface area contributed by atoms with E-state index in [9.17, 15) is 14.4 Å². The monoisotopic (exact) mass is 532 g/mol. The van der Waals surface area contributed by atoms with Gasteiger partial charge in [0.05, 0.1) is 12.6 Å². The maximum Gasteiger partial charge on any atom is 0.246 e. The predicted molar refractivity (Wildman–Crippen MR) is 154 cm³/mol. The lowest BCUT2D eigenvalue weighted by Crippen LogP contribution is -2.61. The summed E-state index contributed by atoms with van der Waals surface area (Å²) >= 11 is 0. The Morgan fingerprint density at radius 1 is 1.03 bits per heavy atom. The van der Waals surface area contributed by atoms with Crippen molar-refractivity contribution in [1.82, 2.24) is 20.9 Å². The molecular weight excluding hydrogens is 488 g/mol. The smallest absolute Gasteiger partial charge is 0.246 e. The first-order valence-corrected chi connectivity index (χ1v) is 14.2. The molecule has 0 unspecified atom stereocenters. The molecule has 39 heavy (non-hydrogen) atoms. The minimum absolute atomic E-state index is 0.0714. The number of hydrogen-bond donors (Lipinski definition) is 3. The largest absolute Gasteiger partial charge is 0.347 e. The van der Waals surface area contributed by atoms with E-state index in [0.29, 0.717) is 18.9 Å². The van der Waals surface area contributed by atoms with Crippen LogP contribution in [0.15, 0.2) is 42.5 Å². The fourth-order valence-electron chi connectivity index (χ4n) is 5.79. The van der Waals surface area contributed by atoms with Crippen molar-refractivity contribution in [2.24, 2.45) is 5.41 Å². The third-order valence-electron chi connectivity index (χ3n) is 8.05. The first-order valence-electron chi connectivity index (χ1n) is 14.2. The molecule has 3 atom stereocenters. The number of likely N-dealkylation sites (N-methyl/N-ethyl adjacent to an activating group) is 1. The fraction of sp³-hybridized carbons (Fsp3) is 0.531. The van der Waals surface area contributed by atoms with Gasteiger partial charge in [0, 0.05) is 13.0 Å². The minimum Gasteiger partial charge on any atom is -0.347 e. The van der Waals surface area contributed by atoms with Gasteiger partial charge >= 0.3 is 0 Å². The van der Waals surface area contributed by atoms with Crippen LogP contribution in [0.3, 0.4) is 0 Å². The van der Waals surface area contributed by atoms with Crippen molar-refractivity contribution in [3.8, 4) is 0 Å². The lowest BCUT2D eigenvalue weighted by Gasteiger charge is -2.41. The summed E-state index contributed by atoms with van der Waals surface area (Å²) in [6, 6.07) is 13.2. The van der Waals surface area contributed by atoms with E-state index >= 15 is 0 Å². The molecule has 2 aromatic carbocycles. The van der Waals surface area contributed by atoms with E-state index in [4.69, 9.17) is 0 Å². The zero-order valence-corrected chi connectivity index (χ0v) is 24.3. The quantitative estimate of drug-likeness (QED) is 0.503. The minimum atomic E-state index is -0.765. The van der Waals surface area contributed by atoms with Crippen molar-refractivity contribution in [1.29, 1.82) is 0 Å². The lowest BCUT2D eigenvalue weighted by molar-refractivity contribution is -0.147. The van der Waals surface area contributed by atoms with Gasteiger partial charge in [-0.2, -0.15) is 0 Å². The highest BCUT2D eigenvalue weighted by molar-refractivity contribution is 5.93. The predicted octanol–water partition coefficient (Wildman–Crippen LogP) is 4.01. The van der Waals surface area contributed by atoms with Crippen LogP contribution in [0.5, 0.6) is 0 Å². The molecule has 0 aromatic heterocycles. The molecule has 2 aromatic rings. The van der Waals surface area contributed by atoms with Crippen molar-refractivity contribution in [3.05, 3.63) is 70.3 Å².